The van der Waals surface area contributed by atoms with Gasteiger partial charge in [0.25, 0.3) is 0 Å². The van der Waals surface area contributed by atoms with Crippen LogP contribution in [-0.4, -0.2) is 31.9 Å². The van der Waals surface area contributed by atoms with Crippen LogP contribution in [0.3, 0.4) is 0 Å². The molecule has 1 unspecified atom stereocenters. The lowest BCUT2D eigenvalue weighted by molar-refractivity contribution is -0.453. The van der Waals surface area contributed by atoms with Crippen molar-refractivity contribution >= 4 is 12.1 Å². The Balaban J connectivity index is 2.40. The monoisotopic (exact) mass is 298 g/mol. The predicted molar refractivity (Wildman–Crippen MR) is 71.3 cm³/mol. The molecule has 7 heteroatoms. The molecule has 0 aliphatic carbocycles. The summed E-state index contributed by atoms with van der Waals surface area (Å²) in [6.45, 7) is 5.39. The smallest absolute Gasteiger partial charge is 0.427 e. The van der Waals surface area contributed by atoms with E-state index in [4.69, 9.17) is 9.47 Å². The highest BCUT2D eigenvalue weighted by Gasteiger charge is 2.16. The van der Waals surface area contributed by atoms with Crippen molar-refractivity contribution in [2.24, 2.45) is 0 Å². The van der Waals surface area contributed by atoms with Crippen molar-refractivity contribution in [3.63, 3.8) is 0 Å². The number of hydrogen-bond acceptors (Lipinski definition) is 7. The average molecular weight is 298 g/mol. The molecule has 116 valence electrons. The number of carbonyl (C=O) groups is 2. The molecule has 0 amide bonds. The normalized spacial score (nSPS) is 11.6. The molecule has 0 heterocycles. The van der Waals surface area contributed by atoms with Gasteiger partial charge in [0.15, 0.2) is 0 Å². The molecule has 0 saturated heterocycles. The molecule has 0 fully saturated rings. The minimum atomic E-state index is -1.13. The van der Waals surface area contributed by atoms with Crippen LogP contribution in [-0.2, 0) is 24.3 Å². The Labute approximate surface area is 122 Å². The zero-order chi connectivity index (χ0) is 15.8. The van der Waals surface area contributed by atoms with Crippen LogP contribution in [0.15, 0.2) is 18.2 Å². The SMILES string of the molecule is COCC(C)OC(=O)OOOC(=O)c1cc(C)ccc1C. The Hall–Kier alpha value is -2.12. The zero-order valence-corrected chi connectivity index (χ0v) is 12.4. The molecule has 0 bridgehead atoms. The second-order valence-electron chi connectivity index (χ2n) is 4.47. The molecule has 0 aliphatic rings. The summed E-state index contributed by atoms with van der Waals surface area (Å²) in [6, 6.07) is 5.27. The van der Waals surface area contributed by atoms with Crippen LogP contribution in [0.25, 0.3) is 0 Å². The first kappa shape index (κ1) is 16.9. The molecular weight excluding hydrogens is 280 g/mol. The minimum absolute atomic E-state index is 0.206. The highest BCUT2D eigenvalue weighted by molar-refractivity contribution is 5.90. The molecule has 0 saturated carbocycles. The summed E-state index contributed by atoms with van der Waals surface area (Å²) in [5.74, 6) is -0.770. The van der Waals surface area contributed by atoms with Gasteiger partial charge in [-0.3, -0.25) is 4.89 Å². The summed E-state index contributed by atoms with van der Waals surface area (Å²) < 4.78 is 9.49. The lowest BCUT2D eigenvalue weighted by atomic mass is 10.1. The van der Waals surface area contributed by atoms with E-state index in [2.05, 4.69) is 14.8 Å². The summed E-state index contributed by atoms with van der Waals surface area (Å²) in [5.41, 5.74) is 1.92. The molecule has 0 aliphatic heterocycles. The van der Waals surface area contributed by atoms with E-state index in [0.717, 1.165) is 5.56 Å². The summed E-state index contributed by atoms with van der Waals surface area (Å²) in [7, 11) is 1.47. The Kier molecular flexibility index (Phi) is 6.64. The first-order valence-electron chi connectivity index (χ1n) is 6.26. The summed E-state index contributed by atoms with van der Waals surface area (Å²) in [4.78, 5) is 31.4. The van der Waals surface area contributed by atoms with Crippen LogP contribution in [0.4, 0.5) is 4.79 Å². The van der Waals surface area contributed by atoms with E-state index in [1.807, 2.05) is 13.0 Å². The van der Waals surface area contributed by atoms with Gasteiger partial charge < -0.3 is 9.47 Å². The van der Waals surface area contributed by atoms with Crippen molar-refractivity contribution < 1.29 is 33.9 Å². The van der Waals surface area contributed by atoms with Crippen LogP contribution in [0.5, 0.6) is 0 Å². The fourth-order valence-corrected chi connectivity index (χ4v) is 1.53. The average Bonchev–Trinajstić information content (AvgIpc) is 2.41. The van der Waals surface area contributed by atoms with E-state index in [0.29, 0.717) is 11.1 Å². The van der Waals surface area contributed by atoms with Gasteiger partial charge in [-0.05, 0) is 32.4 Å². The van der Waals surface area contributed by atoms with Crippen LogP contribution in [0.2, 0.25) is 0 Å². The number of hydrogen-bond donors (Lipinski definition) is 0. The number of ether oxygens (including phenoxy) is 2. The van der Waals surface area contributed by atoms with E-state index >= 15 is 0 Å². The van der Waals surface area contributed by atoms with Crippen LogP contribution in [0.1, 0.15) is 28.4 Å². The van der Waals surface area contributed by atoms with Crippen molar-refractivity contribution in [3.05, 3.63) is 34.9 Å². The second-order valence-corrected chi connectivity index (χ2v) is 4.47. The molecule has 0 spiro atoms. The van der Waals surface area contributed by atoms with E-state index in [1.165, 1.54) is 7.11 Å². The molecule has 1 atom stereocenters. The molecule has 0 radical (unpaired) electrons. The Bertz CT molecular complexity index is 498. The van der Waals surface area contributed by atoms with Crippen molar-refractivity contribution in [3.8, 4) is 0 Å². The van der Waals surface area contributed by atoms with Crippen molar-refractivity contribution in [2.45, 2.75) is 26.9 Å². The van der Waals surface area contributed by atoms with Crippen LogP contribution < -0.4 is 0 Å². The number of rotatable bonds is 6. The third-order valence-electron chi connectivity index (χ3n) is 2.52. The maximum absolute atomic E-state index is 11.7. The molecule has 0 N–H and O–H groups in total. The standard InChI is InChI=1S/C14H18O7/c1-9-5-6-10(2)12(7-9)13(15)19-21-20-14(16)18-11(3)8-17-4/h5-7,11H,8H2,1-4H3. The van der Waals surface area contributed by atoms with Gasteiger partial charge in [0.2, 0.25) is 0 Å². The number of benzene rings is 1. The summed E-state index contributed by atoms with van der Waals surface area (Å²) in [5, 5.41) is 4.12. The molecule has 0 aromatic heterocycles. The fourth-order valence-electron chi connectivity index (χ4n) is 1.53. The highest BCUT2D eigenvalue weighted by Crippen LogP contribution is 2.12. The lowest BCUT2D eigenvalue weighted by Crippen LogP contribution is -2.21. The van der Waals surface area contributed by atoms with Crippen molar-refractivity contribution in [1.29, 1.82) is 0 Å². The third kappa shape index (κ3) is 5.80. The van der Waals surface area contributed by atoms with E-state index < -0.39 is 18.2 Å². The molecule has 7 nitrogen and oxygen atoms in total. The molecule has 21 heavy (non-hydrogen) atoms. The van der Waals surface area contributed by atoms with E-state index in [9.17, 15) is 9.59 Å². The van der Waals surface area contributed by atoms with E-state index in [-0.39, 0.29) is 6.61 Å². The van der Waals surface area contributed by atoms with Gasteiger partial charge in [0.1, 0.15) is 6.10 Å². The van der Waals surface area contributed by atoms with Gasteiger partial charge >= 0.3 is 12.1 Å². The minimum Gasteiger partial charge on any atom is -0.427 e. The molecule has 1 aromatic carbocycles. The van der Waals surface area contributed by atoms with Gasteiger partial charge in [0.05, 0.1) is 17.2 Å². The van der Waals surface area contributed by atoms with Crippen LogP contribution >= 0.6 is 0 Å². The zero-order valence-electron chi connectivity index (χ0n) is 12.4. The molecule has 1 rings (SSSR count). The first-order valence-corrected chi connectivity index (χ1v) is 6.26. The summed E-state index contributed by atoms with van der Waals surface area (Å²) in [6.07, 6.45) is -1.64. The quantitative estimate of drug-likeness (QED) is 0.453. The Morgan fingerprint density at radius 1 is 1.19 bits per heavy atom. The largest absolute Gasteiger partial charge is 0.543 e. The van der Waals surface area contributed by atoms with Crippen molar-refractivity contribution in [1.82, 2.24) is 0 Å². The summed E-state index contributed by atoms with van der Waals surface area (Å²) >= 11 is 0. The topological polar surface area (TPSA) is 80.3 Å². The van der Waals surface area contributed by atoms with Gasteiger partial charge in [0, 0.05) is 7.11 Å². The second kappa shape index (κ2) is 8.23. The molecular formula is C14H18O7. The number of carbonyl (C=O) groups excluding carboxylic acids is 2. The van der Waals surface area contributed by atoms with E-state index in [1.54, 1.807) is 26.0 Å². The number of aryl methyl sites for hydroxylation is 2. The van der Waals surface area contributed by atoms with Gasteiger partial charge in [-0.25, -0.2) is 14.5 Å². The van der Waals surface area contributed by atoms with Gasteiger partial charge in [-0.1, -0.05) is 17.7 Å². The predicted octanol–water partition coefficient (Wildman–Crippen LogP) is 2.49. The maximum atomic E-state index is 11.7. The lowest BCUT2D eigenvalue weighted by Gasteiger charge is -2.10. The third-order valence-corrected chi connectivity index (χ3v) is 2.52. The first-order chi connectivity index (χ1) is 9.93. The van der Waals surface area contributed by atoms with Gasteiger partial charge in [-0.2, -0.15) is 0 Å². The Morgan fingerprint density at radius 3 is 2.57 bits per heavy atom. The molecule has 1 aromatic rings. The fraction of sp³-hybridized carbons (Fsp3) is 0.429. The van der Waals surface area contributed by atoms with Crippen molar-refractivity contribution in [2.75, 3.05) is 13.7 Å². The van der Waals surface area contributed by atoms with Crippen LogP contribution in [0, 0.1) is 13.8 Å². The Morgan fingerprint density at radius 2 is 1.90 bits per heavy atom. The highest BCUT2D eigenvalue weighted by atomic mass is 17.5. The van der Waals surface area contributed by atoms with Gasteiger partial charge in [-0.15, -0.1) is 0 Å². The maximum Gasteiger partial charge on any atom is 0.543 e. The number of methoxy groups -OCH3 is 1.